The number of carbonyl (C=O) groups is 1. The average molecular weight is 442 g/mol. The predicted molar refractivity (Wildman–Crippen MR) is 131 cm³/mol. The summed E-state index contributed by atoms with van der Waals surface area (Å²) in [4.78, 5) is 15.3. The van der Waals surface area contributed by atoms with Gasteiger partial charge in [-0.3, -0.25) is 4.79 Å². The molecule has 0 saturated heterocycles. The number of fused-ring (bicyclic) bond motifs is 2. The summed E-state index contributed by atoms with van der Waals surface area (Å²) in [5.41, 5.74) is 5.11. The summed E-state index contributed by atoms with van der Waals surface area (Å²) in [5.74, 6) is 0.868. The number of para-hydroxylation sites is 1. The molecule has 162 valence electrons. The van der Waals surface area contributed by atoms with Gasteiger partial charge in [-0.25, -0.2) is 0 Å². The molecular weight excluding hydrogens is 414 g/mol. The van der Waals surface area contributed by atoms with Gasteiger partial charge in [0.1, 0.15) is 5.75 Å². The summed E-state index contributed by atoms with van der Waals surface area (Å²) < 4.78 is 5.68. The number of carbonyl (C=O) groups excluding carboxylic acids is 1. The third kappa shape index (κ3) is 4.20. The van der Waals surface area contributed by atoms with Gasteiger partial charge in [0.05, 0.1) is 7.11 Å². The standard InChI is InChI=1S/C28H27NO2S/c1-31-25-13-7-5-11-22(25)24-18-20-17-19(28(30)29-21-9-3-2-4-10-21)15-16-26(20)32-27-14-8-6-12-23(24)27/h5-8,11-18,21H,2-4,9-10H2,1H3,(H,29,30). The quantitative estimate of drug-likeness (QED) is 0.378. The van der Waals surface area contributed by atoms with E-state index in [1.807, 2.05) is 30.3 Å². The third-order valence-corrected chi connectivity index (χ3v) is 7.47. The molecule has 4 heteroatoms. The van der Waals surface area contributed by atoms with Crippen molar-refractivity contribution in [2.45, 2.75) is 47.9 Å². The summed E-state index contributed by atoms with van der Waals surface area (Å²) in [6.07, 6.45) is 8.05. The van der Waals surface area contributed by atoms with Gasteiger partial charge in [0.2, 0.25) is 0 Å². The summed E-state index contributed by atoms with van der Waals surface area (Å²) >= 11 is 1.75. The van der Waals surface area contributed by atoms with E-state index in [0.29, 0.717) is 6.04 Å². The van der Waals surface area contributed by atoms with Crippen LogP contribution in [0.5, 0.6) is 5.75 Å². The van der Waals surface area contributed by atoms with Gasteiger partial charge in [0.15, 0.2) is 0 Å². The molecule has 0 spiro atoms. The van der Waals surface area contributed by atoms with E-state index in [-0.39, 0.29) is 5.91 Å². The Morgan fingerprint density at radius 3 is 2.47 bits per heavy atom. The Morgan fingerprint density at radius 1 is 0.906 bits per heavy atom. The van der Waals surface area contributed by atoms with Crippen molar-refractivity contribution in [1.82, 2.24) is 5.32 Å². The first-order valence-corrected chi connectivity index (χ1v) is 12.1. The lowest BCUT2D eigenvalue weighted by atomic mass is 9.94. The molecule has 32 heavy (non-hydrogen) atoms. The van der Waals surface area contributed by atoms with Crippen LogP contribution in [-0.2, 0) is 0 Å². The molecule has 5 rings (SSSR count). The molecule has 0 atom stereocenters. The fourth-order valence-electron chi connectivity index (χ4n) is 4.63. The molecule has 2 aliphatic rings. The van der Waals surface area contributed by atoms with Crippen LogP contribution in [0.2, 0.25) is 0 Å². The minimum absolute atomic E-state index is 0.0266. The molecule has 1 N–H and O–H groups in total. The minimum Gasteiger partial charge on any atom is -0.496 e. The fraction of sp³-hybridized carbons (Fsp3) is 0.250. The van der Waals surface area contributed by atoms with Crippen LogP contribution >= 0.6 is 11.8 Å². The van der Waals surface area contributed by atoms with E-state index < -0.39 is 0 Å². The van der Waals surface area contributed by atoms with Crippen LogP contribution in [0.15, 0.2) is 76.5 Å². The largest absolute Gasteiger partial charge is 0.496 e. The van der Waals surface area contributed by atoms with Gasteiger partial charge < -0.3 is 10.1 Å². The Bertz CT molecular complexity index is 1180. The van der Waals surface area contributed by atoms with Crippen molar-refractivity contribution in [3.8, 4) is 5.75 Å². The van der Waals surface area contributed by atoms with Gasteiger partial charge in [-0.15, -0.1) is 0 Å². The topological polar surface area (TPSA) is 38.3 Å². The lowest BCUT2D eigenvalue weighted by Crippen LogP contribution is -2.36. The second-order valence-corrected chi connectivity index (χ2v) is 9.50. The van der Waals surface area contributed by atoms with Crippen LogP contribution in [0, 0.1) is 0 Å². The first-order valence-electron chi connectivity index (χ1n) is 11.3. The number of hydrogen-bond acceptors (Lipinski definition) is 3. The summed E-state index contributed by atoms with van der Waals surface area (Å²) in [6, 6.07) is 22.9. The molecule has 0 radical (unpaired) electrons. The Balaban J connectivity index is 1.57. The first-order chi connectivity index (χ1) is 15.7. The number of rotatable bonds is 4. The summed E-state index contributed by atoms with van der Waals surface area (Å²) in [6.45, 7) is 0. The van der Waals surface area contributed by atoms with Gasteiger partial charge in [-0.2, -0.15) is 0 Å². The lowest BCUT2D eigenvalue weighted by Gasteiger charge is -2.22. The molecule has 1 aliphatic heterocycles. The van der Waals surface area contributed by atoms with Crippen molar-refractivity contribution in [3.63, 3.8) is 0 Å². The van der Waals surface area contributed by atoms with Crippen LogP contribution in [0.1, 0.15) is 59.2 Å². The maximum absolute atomic E-state index is 13.0. The SMILES string of the molecule is COc1ccccc1C1=Cc2cc(C(=O)NC3CCCCC3)ccc2Sc2ccccc21. The minimum atomic E-state index is 0.0266. The molecule has 0 bridgehead atoms. The normalized spacial score (nSPS) is 15.7. The van der Waals surface area contributed by atoms with Gasteiger partial charge in [0, 0.05) is 27.0 Å². The number of nitrogens with one attached hydrogen (secondary N) is 1. The number of amides is 1. The number of benzene rings is 3. The highest BCUT2D eigenvalue weighted by Gasteiger charge is 2.21. The van der Waals surface area contributed by atoms with Crippen molar-refractivity contribution in [2.24, 2.45) is 0 Å². The second-order valence-electron chi connectivity index (χ2n) is 8.42. The van der Waals surface area contributed by atoms with Crippen molar-refractivity contribution < 1.29 is 9.53 Å². The maximum atomic E-state index is 13.0. The Hall–Kier alpha value is -2.98. The fourth-order valence-corrected chi connectivity index (χ4v) is 5.67. The van der Waals surface area contributed by atoms with Gasteiger partial charge in [-0.1, -0.05) is 67.4 Å². The highest BCUT2D eigenvalue weighted by Crippen LogP contribution is 2.44. The lowest BCUT2D eigenvalue weighted by molar-refractivity contribution is 0.0927. The van der Waals surface area contributed by atoms with Crippen LogP contribution in [0.3, 0.4) is 0 Å². The van der Waals surface area contributed by atoms with E-state index in [0.717, 1.165) is 45.8 Å². The second kappa shape index (κ2) is 9.25. The smallest absolute Gasteiger partial charge is 0.251 e. The molecule has 1 fully saturated rings. The van der Waals surface area contributed by atoms with Crippen LogP contribution in [0.25, 0.3) is 11.6 Å². The number of hydrogen-bond donors (Lipinski definition) is 1. The third-order valence-electron chi connectivity index (χ3n) is 6.31. The average Bonchev–Trinajstić information content (AvgIpc) is 3.01. The van der Waals surface area contributed by atoms with Crippen LogP contribution < -0.4 is 10.1 Å². The van der Waals surface area contributed by atoms with Crippen molar-refractivity contribution >= 4 is 29.3 Å². The van der Waals surface area contributed by atoms with E-state index in [4.69, 9.17) is 4.74 Å². The summed E-state index contributed by atoms with van der Waals surface area (Å²) in [5, 5.41) is 3.25. The zero-order chi connectivity index (χ0) is 21.9. The Morgan fingerprint density at radius 2 is 1.66 bits per heavy atom. The van der Waals surface area contributed by atoms with Gasteiger partial charge in [0.25, 0.3) is 5.91 Å². The monoisotopic (exact) mass is 441 g/mol. The number of methoxy groups -OCH3 is 1. The highest BCUT2D eigenvalue weighted by atomic mass is 32.2. The zero-order valence-corrected chi connectivity index (χ0v) is 19.1. The molecule has 1 amide bonds. The maximum Gasteiger partial charge on any atom is 0.251 e. The van der Waals surface area contributed by atoms with Crippen molar-refractivity contribution in [2.75, 3.05) is 7.11 Å². The molecule has 0 aromatic heterocycles. The van der Waals surface area contributed by atoms with Crippen molar-refractivity contribution in [1.29, 1.82) is 0 Å². The van der Waals surface area contributed by atoms with Crippen molar-refractivity contribution in [3.05, 3.63) is 89.0 Å². The molecule has 3 nitrogen and oxygen atoms in total. The predicted octanol–water partition coefficient (Wildman–Crippen LogP) is 6.81. The van der Waals surface area contributed by atoms with Crippen LogP contribution in [-0.4, -0.2) is 19.1 Å². The molecule has 3 aromatic rings. The summed E-state index contributed by atoms with van der Waals surface area (Å²) in [7, 11) is 1.71. The number of ether oxygens (including phenoxy) is 1. The molecule has 1 aliphatic carbocycles. The highest BCUT2D eigenvalue weighted by molar-refractivity contribution is 7.99. The Kier molecular flexibility index (Phi) is 6.04. The van der Waals surface area contributed by atoms with Gasteiger partial charge in [-0.05, 0) is 65.9 Å². The van der Waals surface area contributed by atoms with E-state index in [9.17, 15) is 4.79 Å². The van der Waals surface area contributed by atoms with E-state index in [2.05, 4.69) is 47.8 Å². The molecule has 3 aromatic carbocycles. The van der Waals surface area contributed by atoms with E-state index >= 15 is 0 Å². The zero-order valence-electron chi connectivity index (χ0n) is 18.3. The van der Waals surface area contributed by atoms with E-state index in [1.165, 1.54) is 29.7 Å². The molecule has 1 saturated carbocycles. The first kappa shape index (κ1) is 20.9. The molecule has 0 unspecified atom stereocenters. The molecule has 1 heterocycles. The molecular formula is C28H27NO2S. The van der Waals surface area contributed by atoms with Crippen LogP contribution in [0.4, 0.5) is 0 Å². The Labute approximate surface area is 193 Å². The van der Waals surface area contributed by atoms with Gasteiger partial charge >= 0.3 is 0 Å². The van der Waals surface area contributed by atoms with E-state index in [1.54, 1.807) is 18.9 Å².